The van der Waals surface area contributed by atoms with Crippen molar-refractivity contribution in [1.29, 1.82) is 0 Å². The van der Waals surface area contributed by atoms with E-state index in [-0.39, 0.29) is 24.9 Å². The van der Waals surface area contributed by atoms with E-state index in [1.54, 1.807) is 36.5 Å². The molecule has 2 amide bonds. The van der Waals surface area contributed by atoms with Crippen LogP contribution in [0.25, 0.3) is 0 Å². The Labute approximate surface area is 145 Å². The maximum Gasteiger partial charge on any atom is 0.244 e. The van der Waals surface area contributed by atoms with Gasteiger partial charge in [-0.05, 0) is 30.3 Å². The quantitative estimate of drug-likeness (QED) is 0.872. The zero-order valence-electron chi connectivity index (χ0n) is 13.5. The van der Waals surface area contributed by atoms with Crippen molar-refractivity contribution in [2.75, 3.05) is 19.0 Å². The Morgan fingerprint density at radius 3 is 2.71 bits per heavy atom. The van der Waals surface area contributed by atoms with E-state index < -0.39 is 0 Å². The second-order valence-electron chi connectivity index (χ2n) is 5.09. The Kier molecular flexibility index (Phi) is 6.14. The average molecular weight is 348 g/mol. The zero-order chi connectivity index (χ0) is 17.5. The fourth-order valence-electron chi connectivity index (χ4n) is 2.11. The van der Waals surface area contributed by atoms with E-state index in [0.29, 0.717) is 22.2 Å². The number of aromatic nitrogens is 1. The number of amides is 2. The predicted octanol–water partition coefficient (Wildman–Crippen LogP) is 2.73. The molecule has 0 spiro atoms. The van der Waals surface area contributed by atoms with Crippen LogP contribution in [0.2, 0.25) is 5.02 Å². The van der Waals surface area contributed by atoms with Gasteiger partial charge in [0.25, 0.3) is 0 Å². The van der Waals surface area contributed by atoms with Crippen LogP contribution in [0.4, 0.5) is 5.69 Å². The summed E-state index contributed by atoms with van der Waals surface area (Å²) >= 11 is 5.94. The molecular formula is C17H18ClN3O3. The zero-order valence-corrected chi connectivity index (χ0v) is 14.2. The summed E-state index contributed by atoms with van der Waals surface area (Å²) in [6, 6.07) is 10.3. The van der Waals surface area contributed by atoms with E-state index in [2.05, 4.69) is 10.3 Å². The number of halogens is 1. The number of benzene rings is 1. The molecule has 126 valence electrons. The highest BCUT2D eigenvalue weighted by Crippen LogP contribution is 2.27. The van der Waals surface area contributed by atoms with Gasteiger partial charge in [0.05, 0.1) is 25.0 Å². The normalized spacial score (nSPS) is 10.1. The number of methoxy groups -OCH3 is 1. The van der Waals surface area contributed by atoms with Crippen LogP contribution in [0.3, 0.4) is 0 Å². The summed E-state index contributed by atoms with van der Waals surface area (Å²) in [5.74, 6) is -0.0672. The van der Waals surface area contributed by atoms with Gasteiger partial charge in [-0.25, -0.2) is 0 Å². The number of nitrogens with one attached hydrogen (secondary N) is 1. The number of hydrogen-bond donors (Lipinski definition) is 1. The molecule has 1 heterocycles. The third kappa shape index (κ3) is 4.96. The van der Waals surface area contributed by atoms with E-state index in [0.717, 1.165) is 0 Å². The Hall–Kier alpha value is -2.60. The van der Waals surface area contributed by atoms with Crippen LogP contribution in [0.5, 0.6) is 5.75 Å². The SMILES string of the molecule is COc1ccc(Cl)cc1NC(=O)CN(Cc1ccccn1)C(C)=O. The summed E-state index contributed by atoms with van der Waals surface area (Å²) in [5.41, 5.74) is 1.16. The van der Waals surface area contributed by atoms with Gasteiger partial charge in [0, 0.05) is 18.1 Å². The smallest absolute Gasteiger partial charge is 0.244 e. The molecule has 0 aliphatic heterocycles. The molecular weight excluding hydrogens is 330 g/mol. The first-order valence-electron chi connectivity index (χ1n) is 7.28. The minimum atomic E-state index is -0.346. The van der Waals surface area contributed by atoms with Gasteiger partial charge in [-0.1, -0.05) is 17.7 Å². The molecule has 0 bridgehead atoms. The first-order valence-corrected chi connectivity index (χ1v) is 7.66. The Morgan fingerprint density at radius 1 is 1.29 bits per heavy atom. The van der Waals surface area contributed by atoms with Crippen LogP contribution in [0.1, 0.15) is 12.6 Å². The summed E-state index contributed by atoms with van der Waals surface area (Å²) in [4.78, 5) is 29.6. The van der Waals surface area contributed by atoms with Gasteiger partial charge in [-0.15, -0.1) is 0 Å². The lowest BCUT2D eigenvalue weighted by molar-refractivity contribution is -0.133. The topological polar surface area (TPSA) is 71.5 Å². The number of nitrogens with zero attached hydrogens (tertiary/aromatic N) is 2. The van der Waals surface area contributed by atoms with E-state index >= 15 is 0 Å². The van der Waals surface area contributed by atoms with Gasteiger partial charge >= 0.3 is 0 Å². The van der Waals surface area contributed by atoms with Crippen molar-refractivity contribution in [3.63, 3.8) is 0 Å². The summed E-state index contributed by atoms with van der Waals surface area (Å²) in [6.45, 7) is 1.58. The minimum absolute atomic E-state index is 0.0957. The number of anilines is 1. The van der Waals surface area contributed by atoms with Crippen molar-refractivity contribution in [2.45, 2.75) is 13.5 Å². The lowest BCUT2D eigenvalue weighted by Crippen LogP contribution is -2.36. The number of rotatable bonds is 6. The lowest BCUT2D eigenvalue weighted by atomic mass is 10.2. The molecule has 1 aromatic heterocycles. The van der Waals surface area contributed by atoms with Crippen LogP contribution < -0.4 is 10.1 Å². The molecule has 1 N–H and O–H groups in total. The molecule has 0 aliphatic rings. The highest BCUT2D eigenvalue weighted by molar-refractivity contribution is 6.31. The predicted molar refractivity (Wildman–Crippen MR) is 92.0 cm³/mol. The van der Waals surface area contributed by atoms with Crippen LogP contribution in [0, 0.1) is 0 Å². The van der Waals surface area contributed by atoms with Crippen molar-refractivity contribution in [2.24, 2.45) is 0 Å². The highest BCUT2D eigenvalue weighted by atomic mass is 35.5. The van der Waals surface area contributed by atoms with Gasteiger partial charge in [0.2, 0.25) is 11.8 Å². The van der Waals surface area contributed by atoms with Crippen LogP contribution >= 0.6 is 11.6 Å². The van der Waals surface area contributed by atoms with E-state index in [4.69, 9.17) is 16.3 Å². The minimum Gasteiger partial charge on any atom is -0.495 e. The average Bonchev–Trinajstić information content (AvgIpc) is 2.55. The number of hydrogen-bond acceptors (Lipinski definition) is 4. The summed E-state index contributed by atoms with van der Waals surface area (Å²) in [6.07, 6.45) is 1.64. The number of carbonyl (C=O) groups excluding carboxylic acids is 2. The molecule has 7 heteroatoms. The van der Waals surface area contributed by atoms with Gasteiger partial charge in [0.15, 0.2) is 0 Å². The Bertz CT molecular complexity index is 722. The summed E-state index contributed by atoms with van der Waals surface area (Å²) < 4.78 is 5.19. The van der Waals surface area contributed by atoms with E-state index in [9.17, 15) is 9.59 Å². The monoisotopic (exact) mass is 347 g/mol. The standard InChI is InChI=1S/C17H18ClN3O3/c1-12(22)21(10-14-5-3-4-8-19-14)11-17(23)20-15-9-13(18)6-7-16(15)24-2/h3-9H,10-11H2,1-2H3,(H,20,23). The van der Waals surface area contributed by atoms with Crippen molar-refractivity contribution >= 4 is 29.1 Å². The van der Waals surface area contributed by atoms with Crippen molar-refractivity contribution in [1.82, 2.24) is 9.88 Å². The van der Waals surface area contributed by atoms with Gasteiger partial charge in [0.1, 0.15) is 12.3 Å². The third-order valence-corrected chi connectivity index (χ3v) is 3.53. The summed E-state index contributed by atoms with van der Waals surface area (Å²) in [7, 11) is 1.50. The molecule has 1 aromatic carbocycles. The fourth-order valence-corrected chi connectivity index (χ4v) is 2.28. The van der Waals surface area contributed by atoms with E-state index in [1.165, 1.54) is 18.9 Å². The first-order chi connectivity index (χ1) is 11.5. The maximum absolute atomic E-state index is 12.3. The molecule has 6 nitrogen and oxygen atoms in total. The molecule has 0 saturated carbocycles. The largest absolute Gasteiger partial charge is 0.495 e. The second-order valence-corrected chi connectivity index (χ2v) is 5.53. The van der Waals surface area contributed by atoms with Crippen molar-refractivity contribution < 1.29 is 14.3 Å². The Morgan fingerprint density at radius 2 is 2.08 bits per heavy atom. The molecule has 0 fully saturated rings. The molecule has 0 atom stereocenters. The Balaban J connectivity index is 2.06. The van der Waals surface area contributed by atoms with Crippen LogP contribution in [-0.2, 0) is 16.1 Å². The molecule has 0 radical (unpaired) electrons. The molecule has 24 heavy (non-hydrogen) atoms. The molecule has 0 aliphatic carbocycles. The molecule has 2 rings (SSSR count). The first kappa shape index (κ1) is 17.7. The van der Waals surface area contributed by atoms with Gasteiger partial charge < -0.3 is 15.0 Å². The second kappa shape index (κ2) is 8.31. The van der Waals surface area contributed by atoms with Crippen molar-refractivity contribution in [3.8, 4) is 5.75 Å². The van der Waals surface area contributed by atoms with Crippen LogP contribution in [0.15, 0.2) is 42.6 Å². The lowest BCUT2D eigenvalue weighted by Gasteiger charge is -2.20. The van der Waals surface area contributed by atoms with Crippen LogP contribution in [-0.4, -0.2) is 35.4 Å². The maximum atomic E-state index is 12.3. The highest BCUT2D eigenvalue weighted by Gasteiger charge is 2.16. The third-order valence-electron chi connectivity index (χ3n) is 3.29. The molecule has 0 unspecified atom stereocenters. The molecule has 0 saturated heterocycles. The number of pyridine rings is 1. The fraction of sp³-hybridized carbons (Fsp3) is 0.235. The summed E-state index contributed by atoms with van der Waals surface area (Å²) in [5, 5.41) is 3.19. The van der Waals surface area contributed by atoms with Crippen molar-refractivity contribution in [3.05, 3.63) is 53.3 Å². The number of carbonyl (C=O) groups is 2. The van der Waals surface area contributed by atoms with Gasteiger partial charge in [-0.2, -0.15) is 0 Å². The van der Waals surface area contributed by atoms with E-state index in [1.807, 2.05) is 6.07 Å². The number of ether oxygens (including phenoxy) is 1. The van der Waals surface area contributed by atoms with Gasteiger partial charge in [-0.3, -0.25) is 14.6 Å². The molecule has 2 aromatic rings.